The zero-order chi connectivity index (χ0) is 13.8. The molecule has 1 unspecified atom stereocenters. The van der Waals surface area contributed by atoms with Gasteiger partial charge in [0.15, 0.2) is 0 Å². The lowest BCUT2D eigenvalue weighted by molar-refractivity contribution is 0.253. The van der Waals surface area contributed by atoms with Crippen molar-refractivity contribution in [3.8, 4) is 0 Å². The molecule has 0 spiro atoms. The van der Waals surface area contributed by atoms with Gasteiger partial charge in [-0.2, -0.15) is 0 Å². The first-order valence-electron chi connectivity index (χ1n) is 8.08. The Kier molecular flexibility index (Phi) is 4.58. The fourth-order valence-corrected chi connectivity index (χ4v) is 3.08. The summed E-state index contributed by atoms with van der Waals surface area (Å²) in [5.41, 5.74) is 1.37. The van der Waals surface area contributed by atoms with E-state index in [1.165, 1.54) is 38.2 Å². The van der Waals surface area contributed by atoms with Crippen molar-refractivity contribution in [3.05, 3.63) is 30.3 Å². The molecule has 0 bridgehead atoms. The van der Waals surface area contributed by atoms with Gasteiger partial charge in [-0.3, -0.25) is 4.90 Å². The fourth-order valence-electron chi connectivity index (χ4n) is 3.08. The van der Waals surface area contributed by atoms with E-state index in [-0.39, 0.29) is 0 Å². The molecule has 20 heavy (non-hydrogen) atoms. The van der Waals surface area contributed by atoms with Crippen molar-refractivity contribution in [2.24, 2.45) is 5.92 Å². The first-order chi connectivity index (χ1) is 9.83. The van der Waals surface area contributed by atoms with Crippen molar-refractivity contribution >= 4 is 5.69 Å². The van der Waals surface area contributed by atoms with Crippen molar-refractivity contribution in [2.45, 2.75) is 25.8 Å². The molecular formula is C17H27N3. The molecule has 1 aliphatic heterocycles. The molecule has 1 saturated heterocycles. The molecule has 0 aromatic heterocycles. The van der Waals surface area contributed by atoms with Crippen LogP contribution in [0.4, 0.5) is 5.69 Å². The average molecular weight is 273 g/mol. The summed E-state index contributed by atoms with van der Waals surface area (Å²) in [4.78, 5) is 5.09. The maximum Gasteiger partial charge on any atom is 0.0367 e. The van der Waals surface area contributed by atoms with Gasteiger partial charge in [0.25, 0.3) is 0 Å². The molecule has 0 amide bonds. The summed E-state index contributed by atoms with van der Waals surface area (Å²) < 4.78 is 0. The normalized spacial score (nSPS) is 21.9. The minimum atomic E-state index is 0.723. The van der Waals surface area contributed by atoms with Gasteiger partial charge in [-0.1, -0.05) is 18.2 Å². The molecular weight excluding hydrogens is 246 g/mol. The highest BCUT2D eigenvalue weighted by molar-refractivity contribution is 5.46. The molecule has 3 nitrogen and oxygen atoms in total. The standard InChI is InChI=1S/C17H27N3/c1-15(16-7-8-16)18-9-10-19-11-13-20(14-12-19)17-5-3-2-4-6-17/h2-6,15-16,18H,7-14H2,1H3. The van der Waals surface area contributed by atoms with E-state index in [9.17, 15) is 0 Å². The van der Waals surface area contributed by atoms with Gasteiger partial charge in [-0.05, 0) is 37.8 Å². The third-order valence-corrected chi connectivity index (χ3v) is 4.72. The smallest absolute Gasteiger partial charge is 0.0367 e. The monoisotopic (exact) mass is 273 g/mol. The van der Waals surface area contributed by atoms with Crippen LogP contribution in [0.15, 0.2) is 30.3 Å². The summed E-state index contributed by atoms with van der Waals surface area (Å²) in [6.07, 6.45) is 2.87. The van der Waals surface area contributed by atoms with Gasteiger partial charge in [0.2, 0.25) is 0 Å². The summed E-state index contributed by atoms with van der Waals surface area (Å²) >= 11 is 0. The van der Waals surface area contributed by atoms with Crippen LogP contribution in [0.5, 0.6) is 0 Å². The highest BCUT2D eigenvalue weighted by atomic mass is 15.3. The second-order valence-electron chi connectivity index (χ2n) is 6.24. The summed E-state index contributed by atoms with van der Waals surface area (Å²) in [7, 11) is 0. The highest BCUT2D eigenvalue weighted by Crippen LogP contribution is 2.32. The average Bonchev–Trinajstić information content (AvgIpc) is 3.33. The molecule has 2 fully saturated rings. The third-order valence-electron chi connectivity index (χ3n) is 4.72. The van der Waals surface area contributed by atoms with Crippen molar-refractivity contribution in [2.75, 3.05) is 44.2 Å². The van der Waals surface area contributed by atoms with Crippen LogP contribution in [-0.2, 0) is 0 Å². The largest absolute Gasteiger partial charge is 0.369 e. The maximum atomic E-state index is 3.68. The van der Waals surface area contributed by atoms with E-state index < -0.39 is 0 Å². The number of para-hydroxylation sites is 1. The predicted molar refractivity (Wildman–Crippen MR) is 85.3 cm³/mol. The van der Waals surface area contributed by atoms with Crippen molar-refractivity contribution < 1.29 is 0 Å². The minimum Gasteiger partial charge on any atom is -0.369 e. The quantitative estimate of drug-likeness (QED) is 0.857. The van der Waals surface area contributed by atoms with Crippen LogP contribution in [0, 0.1) is 5.92 Å². The van der Waals surface area contributed by atoms with E-state index in [0.29, 0.717) is 0 Å². The van der Waals surface area contributed by atoms with Crippen LogP contribution >= 0.6 is 0 Å². The molecule has 1 saturated carbocycles. The van der Waals surface area contributed by atoms with Gasteiger partial charge in [0.05, 0.1) is 0 Å². The maximum absolute atomic E-state index is 3.68. The third kappa shape index (κ3) is 3.74. The molecule has 2 aliphatic rings. The van der Waals surface area contributed by atoms with E-state index in [1.54, 1.807) is 0 Å². The predicted octanol–water partition coefficient (Wildman–Crippen LogP) is 2.20. The molecule has 1 atom stereocenters. The van der Waals surface area contributed by atoms with Crippen molar-refractivity contribution in [1.82, 2.24) is 10.2 Å². The zero-order valence-corrected chi connectivity index (χ0v) is 12.6. The molecule has 1 N–H and O–H groups in total. The Hall–Kier alpha value is -1.06. The molecule has 1 aromatic carbocycles. The van der Waals surface area contributed by atoms with Gasteiger partial charge in [-0.25, -0.2) is 0 Å². The number of rotatable bonds is 6. The Morgan fingerprint density at radius 3 is 2.45 bits per heavy atom. The summed E-state index contributed by atoms with van der Waals surface area (Å²) in [6.45, 7) is 9.36. The number of hydrogen-bond acceptors (Lipinski definition) is 3. The summed E-state index contributed by atoms with van der Waals surface area (Å²) in [5.74, 6) is 0.963. The number of nitrogens with zero attached hydrogens (tertiary/aromatic N) is 2. The van der Waals surface area contributed by atoms with Gasteiger partial charge < -0.3 is 10.2 Å². The van der Waals surface area contributed by atoms with Crippen LogP contribution in [0.1, 0.15) is 19.8 Å². The second-order valence-corrected chi connectivity index (χ2v) is 6.24. The highest BCUT2D eigenvalue weighted by Gasteiger charge is 2.27. The summed E-state index contributed by atoms with van der Waals surface area (Å²) in [5, 5.41) is 3.68. The molecule has 3 rings (SSSR count). The number of hydrogen-bond donors (Lipinski definition) is 1. The topological polar surface area (TPSA) is 18.5 Å². The molecule has 1 aliphatic carbocycles. The lowest BCUT2D eigenvalue weighted by Crippen LogP contribution is -2.48. The number of nitrogens with one attached hydrogen (secondary N) is 1. The van der Waals surface area contributed by atoms with Crippen molar-refractivity contribution in [1.29, 1.82) is 0 Å². The van der Waals surface area contributed by atoms with Crippen LogP contribution < -0.4 is 10.2 Å². The van der Waals surface area contributed by atoms with E-state index in [0.717, 1.165) is 31.6 Å². The van der Waals surface area contributed by atoms with E-state index in [1.807, 2.05) is 0 Å². The molecule has 3 heteroatoms. The lowest BCUT2D eigenvalue weighted by atomic mass is 10.2. The second kappa shape index (κ2) is 6.59. The summed E-state index contributed by atoms with van der Waals surface area (Å²) in [6, 6.07) is 11.5. The molecule has 110 valence electrons. The number of anilines is 1. The minimum absolute atomic E-state index is 0.723. The Morgan fingerprint density at radius 1 is 1.10 bits per heavy atom. The molecule has 0 radical (unpaired) electrons. The fraction of sp³-hybridized carbons (Fsp3) is 0.647. The molecule has 1 aromatic rings. The van der Waals surface area contributed by atoms with E-state index in [4.69, 9.17) is 0 Å². The van der Waals surface area contributed by atoms with Gasteiger partial charge in [0.1, 0.15) is 0 Å². The Labute approximate surface area is 123 Å². The van der Waals surface area contributed by atoms with E-state index in [2.05, 4.69) is 52.4 Å². The van der Waals surface area contributed by atoms with Crippen LogP contribution in [0.25, 0.3) is 0 Å². The van der Waals surface area contributed by atoms with Crippen molar-refractivity contribution in [3.63, 3.8) is 0 Å². The van der Waals surface area contributed by atoms with Gasteiger partial charge in [0, 0.05) is 51.0 Å². The Bertz CT molecular complexity index is 394. The zero-order valence-electron chi connectivity index (χ0n) is 12.6. The SMILES string of the molecule is CC(NCCN1CCN(c2ccccc2)CC1)C1CC1. The Balaban J connectivity index is 1.36. The molecule has 1 heterocycles. The van der Waals surface area contributed by atoms with Gasteiger partial charge in [-0.15, -0.1) is 0 Å². The number of piperazine rings is 1. The first kappa shape index (κ1) is 13.9. The van der Waals surface area contributed by atoms with Crippen LogP contribution in [0.3, 0.4) is 0 Å². The van der Waals surface area contributed by atoms with Crippen LogP contribution in [-0.4, -0.2) is 50.2 Å². The van der Waals surface area contributed by atoms with Gasteiger partial charge >= 0.3 is 0 Å². The van der Waals surface area contributed by atoms with Crippen LogP contribution in [0.2, 0.25) is 0 Å². The number of benzene rings is 1. The van der Waals surface area contributed by atoms with E-state index >= 15 is 0 Å². The first-order valence-corrected chi connectivity index (χ1v) is 8.08. The lowest BCUT2D eigenvalue weighted by Gasteiger charge is -2.36. The Morgan fingerprint density at radius 2 is 1.80 bits per heavy atom.